The zero-order chi connectivity index (χ0) is 12.4. The summed E-state index contributed by atoms with van der Waals surface area (Å²) in [5.74, 6) is 0.592. The first-order chi connectivity index (χ1) is 8.04. The molecule has 3 N–H and O–H groups in total. The summed E-state index contributed by atoms with van der Waals surface area (Å²) in [5.41, 5.74) is 8.21. The van der Waals surface area contributed by atoms with Crippen molar-refractivity contribution in [3.05, 3.63) is 46.1 Å². The number of hydrogen-bond acceptors (Lipinski definition) is 3. The largest absolute Gasteiger partial charge is 0.396 e. The van der Waals surface area contributed by atoms with E-state index < -0.39 is 0 Å². The van der Waals surface area contributed by atoms with Gasteiger partial charge in [-0.1, -0.05) is 23.2 Å². The fraction of sp³-hybridized carbons (Fsp3) is 0.0833. The van der Waals surface area contributed by atoms with E-state index in [4.69, 9.17) is 28.9 Å². The van der Waals surface area contributed by atoms with Gasteiger partial charge in [0.05, 0.1) is 5.69 Å². The molecule has 0 radical (unpaired) electrons. The summed E-state index contributed by atoms with van der Waals surface area (Å²) in [7, 11) is 0. The molecule has 0 aliphatic heterocycles. The molecular formula is C12H11Cl2N3. The van der Waals surface area contributed by atoms with Gasteiger partial charge in [0, 0.05) is 21.9 Å². The first-order valence-corrected chi connectivity index (χ1v) is 5.75. The van der Waals surface area contributed by atoms with Gasteiger partial charge in [0.2, 0.25) is 0 Å². The van der Waals surface area contributed by atoms with Crippen molar-refractivity contribution in [3.63, 3.8) is 0 Å². The highest BCUT2D eigenvalue weighted by molar-refractivity contribution is 6.35. The SMILES string of the molecule is Cc1cnc(Nc2cc(Cl)cc(Cl)c2)c(N)c1. The molecule has 0 amide bonds. The Morgan fingerprint density at radius 1 is 1.12 bits per heavy atom. The van der Waals surface area contributed by atoms with Crippen LogP contribution in [0.4, 0.5) is 17.2 Å². The molecule has 3 nitrogen and oxygen atoms in total. The number of aryl methyl sites for hydroxylation is 1. The monoisotopic (exact) mass is 267 g/mol. The molecule has 1 heterocycles. The Labute approximate surface area is 110 Å². The van der Waals surface area contributed by atoms with Crippen LogP contribution in [-0.4, -0.2) is 4.98 Å². The van der Waals surface area contributed by atoms with Crippen LogP contribution in [0.2, 0.25) is 10.0 Å². The zero-order valence-electron chi connectivity index (χ0n) is 9.17. The lowest BCUT2D eigenvalue weighted by atomic mass is 10.2. The van der Waals surface area contributed by atoms with E-state index in [1.807, 2.05) is 13.0 Å². The van der Waals surface area contributed by atoms with E-state index >= 15 is 0 Å². The quantitative estimate of drug-likeness (QED) is 0.864. The molecule has 0 unspecified atom stereocenters. The lowest BCUT2D eigenvalue weighted by Gasteiger charge is -2.09. The minimum atomic E-state index is 0.561. The van der Waals surface area contributed by atoms with Crippen molar-refractivity contribution >= 4 is 40.4 Å². The Bertz CT molecular complexity index is 535. The van der Waals surface area contributed by atoms with Crippen LogP contribution >= 0.6 is 23.2 Å². The number of halogens is 2. The molecule has 17 heavy (non-hydrogen) atoms. The van der Waals surface area contributed by atoms with E-state index in [0.717, 1.165) is 11.3 Å². The molecule has 1 aromatic heterocycles. The molecular weight excluding hydrogens is 257 g/mol. The second-order valence-electron chi connectivity index (χ2n) is 3.73. The number of pyridine rings is 1. The lowest BCUT2D eigenvalue weighted by Crippen LogP contribution is -1.99. The summed E-state index contributed by atoms with van der Waals surface area (Å²) in [5, 5.41) is 4.20. The number of nitrogen functional groups attached to an aromatic ring is 1. The Morgan fingerprint density at radius 3 is 2.35 bits per heavy atom. The maximum Gasteiger partial charge on any atom is 0.153 e. The van der Waals surface area contributed by atoms with Crippen LogP contribution in [0.15, 0.2) is 30.5 Å². The third-order valence-corrected chi connectivity index (χ3v) is 2.62. The number of anilines is 3. The number of nitrogens with zero attached hydrogens (tertiary/aromatic N) is 1. The number of aromatic nitrogens is 1. The fourth-order valence-corrected chi connectivity index (χ4v) is 1.99. The van der Waals surface area contributed by atoms with Crippen molar-refractivity contribution in [3.8, 4) is 0 Å². The minimum absolute atomic E-state index is 0.561. The van der Waals surface area contributed by atoms with Crippen molar-refractivity contribution < 1.29 is 0 Å². The highest BCUT2D eigenvalue weighted by Gasteiger charge is 2.03. The van der Waals surface area contributed by atoms with E-state index in [1.54, 1.807) is 24.4 Å². The van der Waals surface area contributed by atoms with Gasteiger partial charge in [-0.25, -0.2) is 4.98 Å². The minimum Gasteiger partial charge on any atom is -0.396 e. The highest BCUT2D eigenvalue weighted by Crippen LogP contribution is 2.26. The summed E-state index contributed by atoms with van der Waals surface area (Å²) in [6, 6.07) is 7.03. The molecule has 0 saturated heterocycles. The summed E-state index contributed by atoms with van der Waals surface area (Å²) in [6.07, 6.45) is 1.74. The zero-order valence-corrected chi connectivity index (χ0v) is 10.7. The molecule has 2 rings (SSSR count). The average molecular weight is 268 g/mol. The highest BCUT2D eigenvalue weighted by atomic mass is 35.5. The fourth-order valence-electron chi connectivity index (χ4n) is 1.46. The van der Waals surface area contributed by atoms with Crippen LogP contribution in [0, 0.1) is 6.92 Å². The first kappa shape index (κ1) is 12.0. The predicted octanol–water partition coefficient (Wildman–Crippen LogP) is 4.02. The lowest BCUT2D eigenvalue weighted by molar-refractivity contribution is 1.26. The van der Waals surface area contributed by atoms with E-state index in [1.165, 1.54) is 0 Å². The van der Waals surface area contributed by atoms with Gasteiger partial charge in [0.1, 0.15) is 0 Å². The summed E-state index contributed by atoms with van der Waals surface area (Å²) >= 11 is 11.8. The van der Waals surface area contributed by atoms with Crippen LogP contribution < -0.4 is 11.1 Å². The van der Waals surface area contributed by atoms with Gasteiger partial charge in [0.15, 0.2) is 5.82 Å². The molecule has 0 spiro atoms. The van der Waals surface area contributed by atoms with E-state index in [2.05, 4.69) is 10.3 Å². The van der Waals surface area contributed by atoms with E-state index in [-0.39, 0.29) is 0 Å². The number of benzene rings is 1. The molecule has 0 aliphatic rings. The normalized spacial score (nSPS) is 10.3. The van der Waals surface area contributed by atoms with Gasteiger partial charge >= 0.3 is 0 Å². The van der Waals surface area contributed by atoms with Crippen LogP contribution in [0.25, 0.3) is 0 Å². The standard InChI is InChI=1S/C12H11Cl2N3/c1-7-2-11(15)12(16-6-7)17-10-4-8(13)3-9(14)5-10/h2-6H,15H2,1H3,(H,16,17). The second-order valence-corrected chi connectivity index (χ2v) is 4.61. The van der Waals surface area contributed by atoms with Gasteiger partial charge in [-0.15, -0.1) is 0 Å². The number of rotatable bonds is 2. The maximum absolute atomic E-state index is 5.91. The summed E-state index contributed by atoms with van der Waals surface area (Å²) in [6.45, 7) is 1.93. The molecule has 0 atom stereocenters. The van der Waals surface area contributed by atoms with Crippen LogP contribution in [0.5, 0.6) is 0 Å². The van der Waals surface area contributed by atoms with Gasteiger partial charge in [-0.2, -0.15) is 0 Å². The predicted molar refractivity (Wildman–Crippen MR) is 73.1 cm³/mol. The van der Waals surface area contributed by atoms with E-state index in [9.17, 15) is 0 Å². The van der Waals surface area contributed by atoms with Crippen LogP contribution in [-0.2, 0) is 0 Å². The number of nitrogens with one attached hydrogen (secondary N) is 1. The summed E-state index contributed by atoms with van der Waals surface area (Å²) in [4.78, 5) is 4.21. The smallest absolute Gasteiger partial charge is 0.153 e. The molecule has 5 heteroatoms. The van der Waals surface area contributed by atoms with Crippen molar-refractivity contribution in [1.82, 2.24) is 4.98 Å². The van der Waals surface area contributed by atoms with Gasteiger partial charge in [-0.05, 0) is 36.8 Å². The van der Waals surface area contributed by atoms with Gasteiger partial charge in [0.25, 0.3) is 0 Å². The third-order valence-electron chi connectivity index (χ3n) is 2.18. The Kier molecular flexibility index (Phi) is 3.41. The molecule has 0 aliphatic carbocycles. The molecule has 2 aromatic rings. The number of hydrogen-bond donors (Lipinski definition) is 2. The molecule has 88 valence electrons. The molecule has 1 aromatic carbocycles. The molecule has 0 bridgehead atoms. The Morgan fingerprint density at radius 2 is 1.76 bits per heavy atom. The first-order valence-electron chi connectivity index (χ1n) is 5.00. The van der Waals surface area contributed by atoms with Gasteiger partial charge in [-0.3, -0.25) is 0 Å². The summed E-state index contributed by atoms with van der Waals surface area (Å²) < 4.78 is 0. The van der Waals surface area contributed by atoms with Crippen LogP contribution in [0.3, 0.4) is 0 Å². The van der Waals surface area contributed by atoms with E-state index in [0.29, 0.717) is 21.6 Å². The Hall–Kier alpha value is -1.45. The topological polar surface area (TPSA) is 50.9 Å². The van der Waals surface area contributed by atoms with Crippen LogP contribution in [0.1, 0.15) is 5.56 Å². The maximum atomic E-state index is 5.91. The van der Waals surface area contributed by atoms with Crippen molar-refractivity contribution in [1.29, 1.82) is 0 Å². The average Bonchev–Trinajstić information content (AvgIpc) is 2.21. The third kappa shape index (κ3) is 3.02. The van der Waals surface area contributed by atoms with Crippen molar-refractivity contribution in [2.75, 3.05) is 11.1 Å². The van der Waals surface area contributed by atoms with Crippen molar-refractivity contribution in [2.24, 2.45) is 0 Å². The number of nitrogens with two attached hydrogens (primary N) is 1. The molecule has 0 fully saturated rings. The molecule has 0 saturated carbocycles. The Balaban J connectivity index is 2.31. The van der Waals surface area contributed by atoms with Gasteiger partial charge < -0.3 is 11.1 Å². The second kappa shape index (κ2) is 4.82. The van der Waals surface area contributed by atoms with Crippen molar-refractivity contribution in [2.45, 2.75) is 6.92 Å².